The second-order valence-electron chi connectivity index (χ2n) is 7.06. The number of rotatable bonds is 6. The van der Waals surface area contributed by atoms with Crippen molar-refractivity contribution in [3.8, 4) is 5.75 Å². The van der Waals surface area contributed by atoms with Crippen LogP contribution in [0.25, 0.3) is 0 Å². The lowest BCUT2D eigenvalue weighted by Crippen LogP contribution is -2.56. The molecule has 6 nitrogen and oxygen atoms in total. The number of nitrogens with one attached hydrogen (secondary N) is 1. The Morgan fingerprint density at radius 2 is 2.08 bits per heavy atom. The molecule has 132 valence electrons. The number of nitrogens with zero attached hydrogens (tertiary/aromatic N) is 1. The number of amides is 2. The SMILES string of the molecule is CC(C)CC(C)(CN)NC(=O)CN1C(=O)C(C)Oc2ccccc21. The second kappa shape index (κ2) is 7.21. The normalized spacial score (nSPS) is 19.5. The van der Waals surface area contributed by atoms with Crippen molar-refractivity contribution in [3.05, 3.63) is 24.3 Å². The lowest BCUT2D eigenvalue weighted by molar-refractivity contribution is -0.128. The van der Waals surface area contributed by atoms with E-state index in [0.29, 0.717) is 23.9 Å². The molecule has 0 aliphatic carbocycles. The van der Waals surface area contributed by atoms with Crippen LogP contribution in [0, 0.1) is 5.92 Å². The molecule has 0 fully saturated rings. The lowest BCUT2D eigenvalue weighted by Gasteiger charge is -2.35. The molecule has 1 aliphatic rings. The van der Waals surface area contributed by atoms with Crippen LogP contribution in [-0.4, -0.2) is 36.5 Å². The van der Waals surface area contributed by atoms with Gasteiger partial charge in [0.15, 0.2) is 6.10 Å². The van der Waals surface area contributed by atoms with Crippen molar-refractivity contribution in [2.45, 2.75) is 45.8 Å². The van der Waals surface area contributed by atoms with Gasteiger partial charge in [0.25, 0.3) is 5.91 Å². The summed E-state index contributed by atoms with van der Waals surface area (Å²) in [5.41, 5.74) is 5.99. The van der Waals surface area contributed by atoms with Crippen LogP contribution in [0.5, 0.6) is 5.75 Å². The van der Waals surface area contributed by atoms with Gasteiger partial charge in [-0.3, -0.25) is 14.5 Å². The van der Waals surface area contributed by atoms with Crippen LogP contribution in [0.1, 0.15) is 34.1 Å². The second-order valence-corrected chi connectivity index (χ2v) is 7.06. The van der Waals surface area contributed by atoms with Gasteiger partial charge in [-0.2, -0.15) is 0 Å². The smallest absolute Gasteiger partial charge is 0.268 e. The summed E-state index contributed by atoms with van der Waals surface area (Å²) >= 11 is 0. The molecule has 24 heavy (non-hydrogen) atoms. The molecule has 2 rings (SSSR count). The Morgan fingerprint density at radius 1 is 1.42 bits per heavy atom. The summed E-state index contributed by atoms with van der Waals surface area (Å²) in [6.07, 6.45) is 0.170. The Bertz CT molecular complexity index is 617. The molecule has 0 aromatic heterocycles. The fourth-order valence-electron chi connectivity index (χ4n) is 3.13. The van der Waals surface area contributed by atoms with Crippen molar-refractivity contribution < 1.29 is 14.3 Å². The number of benzene rings is 1. The number of carbonyl (C=O) groups excluding carboxylic acids is 2. The average molecular weight is 333 g/mol. The highest BCUT2D eigenvalue weighted by Crippen LogP contribution is 2.33. The first-order chi connectivity index (χ1) is 11.3. The number of nitrogens with two attached hydrogens (primary N) is 1. The molecule has 3 N–H and O–H groups in total. The fourth-order valence-corrected chi connectivity index (χ4v) is 3.13. The predicted molar refractivity (Wildman–Crippen MR) is 93.9 cm³/mol. The van der Waals surface area contributed by atoms with Gasteiger partial charge in [-0.15, -0.1) is 0 Å². The third-order valence-electron chi connectivity index (χ3n) is 4.13. The summed E-state index contributed by atoms with van der Waals surface area (Å²) in [7, 11) is 0. The molecule has 2 unspecified atom stereocenters. The first-order valence-electron chi connectivity index (χ1n) is 8.34. The molecular formula is C18H27N3O3. The maximum atomic E-state index is 12.5. The molecule has 2 amide bonds. The molecule has 1 aromatic rings. The largest absolute Gasteiger partial charge is 0.479 e. The van der Waals surface area contributed by atoms with Crippen molar-refractivity contribution in [1.82, 2.24) is 5.32 Å². The van der Waals surface area contributed by atoms with E-state index in [1.807, 2.05) is 19.1 Å². The Morgan fingerprint density at radius 3 is 2.71 bits per heavy atom. The maximum absolute atomic E-state index is 12.5. The predicted octanol–water partition coefficient (Wildman–Crippen LogP) is 1.68. The molecule has 1 aliphatic heterocycles. The summed E-state index contributed by atoms with van der Waals surface area (Å²) in [6.45, 7) is 8.10. The van der Waals surface area contributed by atoms with Crippen molar-refractivity contribution >= 4 is 17.5 Å². The first-order valence-corrected chi connectivity index (χ1v) is 8.34. The quantitative estimate of drug-likeness (QED) is 0.829. The topological polar surface area (TPSA) is 84.7 Å². The molecule has 0 spiro atoms. The molecule has 0 saturated carbocycles. The Labute approximate surface area is 143 Å². The van der Waals surface area contributed by atoms with Crippen LogP contribution in [0.3, 0.4) is 0 Å². The van der Waals surface area contributed by atoms with Gasteiger partial charge in [0.05, 0.1) is 5.69 Å². The molecular weight excluding hydrogens is 306 g/mol. The monoisotopic (exact) mass is 333 g/mol. The summed E-state index contributed by atoms with van der Waals surface area (Å²) < 4.78 is 5.59. The van der Waals surface area contributed by atoms with Gasteiger partial charge in [0.1, 0.15) is 12.3 Å². The van der Waals surface area contributed by atoms with E-state index in [2.05, 4.69) is 19.2 Å². The Balaban J connectivity index is 2.14. The number of hydrogen-bond acceptors (Lipinski definition) is 4. The summed E-state index contributed by atoms with van der Waals surface area (Å²) in [4.78, 5) is 26.4. The third-order valence-corrected chi connectivity index (χ3v) is 4.13. The van der Waals surface area contributed by atoms with Gasteiger partial charge in [-0.25, -0.2) is 0 Å². The number of anilines is 1. The number of ether oxygens (including phenoxy) is 1. The van der Waals surface area contributed by atoms with Gasteiger partial charge in [0.2, 0.25) is 5.91 Å². The van der Waals surface area contributed by atoms with Gasteiger partial charge in [-0.1, -0.05) is 26.0 Å². The van der Waals surface area contributed by atoms with Crippen LogP contribution in [0.15, 0.2) is 24.3 Å². The number of fused-ring (bicyclic) bond motifs is 1. The zero-order chi connectivity index (χ0) is 17.9. The van der Waals surface area contributed by atoms with Gasteiger partial charge in [-0.05, 0) is 38.3 Å². The number of carbonyl (C=O) groups is 2. The van der Waals surface area contributed by atoms with E-state index in [0.717, 1.165) is 6.42 Å². The molecule has 0 radical (unpaired) electrons. The van der Waals surface area contributed by atoms with E-state index in [4.69, 9.17) is 10.5 Å². The molecule has 0 saturated heterocycles. The van der Waals surface area contributed by atoms with E-state index < -0.39 is 11.6 Å². The molecule has 1 heterocycles. The van der Waals surface area contributed by atoms with E-state index in [1.54, 1.807) is 19.1 Å². The van der Waals surface area contributed by atoms with Crippen LogP contribution >= 0.6 is 0 Å². The van der Waals surface area contributed by atoms with E-state index in [-0.39, 0.29) is 18.4 Å². The lowest BCUT2D eigenvalue weighted by atomic mass is 9.90. The Kier molecular flexibility index (Phi) is 5.49. The maximum Gasteiger partial charge on any atom is 0.268 e. The summed E-state index contributed by atoms with van der Waals surface area (Å²) in [5, 5.41) is 2.99. The molecule has 6 heteroatoms. The highest BCUT2D eigenvalue weighted by atomic mass is 16.5. The minimum atomic E-state index is -0.607. The van der Waals surface area contributed by atoms with E-state index >= 15 is 0 Å². The highest BCUT2D eigenvalue weighted by molar-refractivity contribution is 6.03. The minimum Gasteiger partial charge on any atom is -0.479 e. The zero-order valence-corrected chi connectivity index (χ0v) is 14.8. The zero-order valence-electron chi connectivity index (χ0n) is 14.8. The number of hydrogen-bond donors (Lipinski definition) is 2. The number of para-hydroxylation sites is 2. The molecule has 1 aromatic carbocycles. The van der Waals surface area contributed by atoms with Crippen LogP contribution in [-0.2, 0) is 9.59 Å². The van der Waals surface area contributed by atoms with Crippen molar-refractivity contribution in [2.75, 3.05) is 18.0 Å². The van der Waals surface area contributed by atoms with Gasteiger partial charge in [0, 0.05) is 12.1 Å². The van der Waals surface area contributed by atoms with Gasteiger partial charge >= 0.3 is 0 Å². The molecule has 2 atom stereocenters. The average Bonchev–Trinajstić information content (AvgIpc) is 2.51. The van der Waals surface area contributed by atoms with Crippen LogP contribution in [0.2, 0.25) is 0 Å². The standard InChI is InChI=1S/C18H27N3O3/c1-12(2)9-18(4,11-19)20-16(22)10-21-14-7-5-6-8-15(14)24-13(3)17(21)23/h5-8,12-13H,9-11,19H2,1-4H3,(H,20,22). The van der Waals surface area contributed by atoms with Gasteiger partial charge < -0.3 is 15.8 Å². The van der Waals surface area contributed by atoms with Crippen molar-refractivity contribution in [1.29, 1.82) is 0 Å². The van der Waals surface area contributed by atoms with Crippen molar-refractivity contribution in [3.63, 3.8) is 0 Å². The highest BCUT2D eigenvalue weighted by Gasteiger charge is 2.34. The van der Waals surface area contributed by atoms with E-state index in [1.165, 1.54) is 4.90 Å². The minimum absolute atomic E-state index is 0.0444. The van der Waals surface area contributed by atoms with Crippen LogP contribution in [0.4, 0.5) is 5.69 Å². The third kappa shape index (κ3) is 4.06. The van der Waals surface area contributed by atoms with E-state index in [9.17, 15) is 9.59 Å². The summed E-state index contributed by atoms with van der Waals surface area (Å²) in [5.74, 6) is 0.578. The summed E-state index contributed by atoms with van der Waals surface area (Å²) in [6, 6.07) is 7.24. The fraction of sp³-hybridized carbons (Fsp3) is 0.556. The van der Waals surface area contributed by atoms with Crippen LogP contribution < -0.4 is 20.7 Å². The Hall–Kier alpha value is -2.08. The first kappa shape index (κ1) is 18.3. The van der Waals surface area contributed by atoms with Crippen molar-refractivity contribution in [2.24, 2.45) is 11.7 Å². The molecule has 0 bridgehead atoms.